The third kappa shape index (κ3) is 4.25. The second-order valence-corrected chi connectivity index (χ2v) is 8.85. The van der Waals surface area contributed by atoms with Crippen molar-refractivity contribution in [2.45, 2.75) is 13.1 Å². The lowest BCUT2D eigenvalue weighted by molar-refractivity contribution is 0.0955. The second-order valence-electron chi connectivity index (χ2n) is 7.38. The average Bonchev–Trinajstić information content (AvgIpc) is 3.26. The predicted octanol–water partition coefficient (Wildman–Crippen LogP) is 6.18. The van der Waals surface area contributed by atoms with Crippen molar-refractivity contribution in [3.63, 3.8) is 0 Å². The van der Waals surface area contributed by atoms with Gasteiger partial charge in [0.05, 0.1) is 23.5 Å². The van der Waals surface area contributed by atoms with Crippen molar-refractivity contribution in [1.82, 2.24) is 10.3 Å². The molecule has 6 nitrogen and oxygen atoms in total. The van der Waals surface area contributed by atoms with Gasteiger partial charge in [-0.2, -0.15) is 0 Å². The number of hydrogen-bond acceptors (Lipinski definition) is 6. The quantitative estimate of drug-likeness (QED) is 0.372. The molecule has 0 saturated heterocycles. The van der Waals surface area contributed by atoms with Crippen LogP contribution in [0.2, 0.25) is 5.02 Å². The lowest BCUT2D eigenvalue weighted by Gasteiger charge is -2.21. The van der Waals surface area contributed by atoms with E-state index in [-0.39, 0.29) is 5.91 Å². The Labute approximate surface area is 200 Å². The zero-order valence-electron chi connectivity index (χ0n) is 17.7. The maximum Gasteiger partial charge on any atom is 0.261 e. The zero-order chi connectivity index (χ0) is 22.8. The number of aromatic nitrogens is 1. The zero-order valence-corrected chi connectivity index (χ0v) is 19.3. The van der Waals surface area contributed by atoms with Gasteiger partial charge in [-0.15, -0.1) is 11.3 Å². The van der Waals surface area contributed by atoms with Crippen LogP contribution in [0.4, 0.5) is 10.7 Å². The molecule has 0 bridgehead atoms. The van der Waals surface area contributed by atoms with Crippen LogP contribution in [0, 0.1) is 0 Å². The number of pyridine rings is 1. The van der Waals surface area contributed by atoms with Gasteiger partial charge in [0.1, 0.15) is 5.69 Å². The molecule has 0 fully saturated rings. The van der Waals surface area contributed by atoms with Crippen molar-refractivity contribution in [3.8, 4) is 17.4 Å². The number of nitrogens with one attached hydrogen (secondary N) is 1. The number of rotatable bonds is 5. The van der Waals surface area contributed by atoms with Gasteiger partial charge in [-0.25, -0.2) is 4.98 Å². The predicted molar refractivity (Wildman–Crippen MR) is 130 cm³/mol. The number of thiophene rings is 1. The molecule has 1 aliphatic rings. The molecule has 1 aliphatic heterocycles. The van der Waals surface area contributed by atoms with Crippen molar-refractivity contribution < 1.29 is 14.3 Å². The third-order valence-corrected chi connectivity index (χ3v) is 6.80. The fourth-order valence-corrected chi connectivity index (χ4v) is 4.81. The van der Waals surface area contributed by atoms with Gasteiger partial charge in [0.25, 0.3) is 5.91 Å². The van der Waals surface area contributed by atoms with Gasteiger partial charge in [-0.3, -0.25) is 4.79 Å². The van der Waals surface area contributed by atoms with E-state index in [0.29, 0.717) is 40.4 Å². The number of methoxy groups -OCH3 is 1. The van der Waals surface area contributed by atoms with Crippen molar-refractivity contribution in [2.24, 2.45) is 0 Å². The van der Waals surface area contributed by atoms with Gasteiger partial charge in [-0.1, -0.05) is 41.9 Å². The molecule has 0 aliphatic carbocycles. The maximum atomic E-state index is 12.8. The summed E-state index contributed by atoms with van der Waals surface area (Å²) in [4.78, 5) is 20.0. The number of carbonyl (C=O) groups is 1. The molecule has 0 radical (unpaired) electrons. The molecular weight excluding hydrogens is 458 g/mol. The van der Waals surface area contributed by atoms with E-state index in [1.54, 1.807) is 13.3 Å². The largest absolute Gasteiger partial charge is 0.493 e. The lowest BCUT2D eigenvalue weighted by Crippen LogP contribution is -2.22. The summed E-state index contributed by atoms with van der Waals surface area (Å²) in [6, 6.07) is 20.9. The molecule has 0 unspecified atom stereocenters. The first kappa shape index (κ1) is 21.3. The van der Waals surface area contributed by atoms with Gasteiger partial charge < -0.3 is 19.7 Å². The Kier molecular flexibility index (Phi) is 5.90. The first-order valence-corrected chi connectivity index (χ1v) is 11.5. The highest BCUT2D eigenvalue weighted by Gasteiger charge is 2.26. The summed E-state index contributed by atoms with van der Waals surface area (Å²) in [5, 5.41) is 4.49. The Morgan fingerprint density at radius 2 is 2.03 bits per heavy atom. The fraction of sp³-hybridized carbons (Fsp3) is 0.120. The Balaban J connectivity index is 1.43. The molecule has 4 aromatic rings. The third-order valence-electron chi connectivity index (χ3n) is 5.33. The molecule has 33 heavy (non-hydrogen) atoms. The van der Waals surface area contributed by atoms with Crippen LogP contribution in [-0.4, -0.2) is 18.0 Å². The Morgan fingerprint density at radius 1 is 1.15 bits per heavy atom. The van der Waals surface area contributed by atoms with Gasteiger partial charge in [0.15, 0.2) is 11.5 Å². The van der Waals surface area contributed by atoms with E-state index in [0.717, 1.165) is 21.8 Å². The molecule has 2 aromatic carbocycles. The number of ether oxygens (including phenoxy) is 2. The molecule has 1 amide bonds. The molecule has 166 valence electrons. The first-order valence-electron chi connectivity index (χ1n) is 10.3. The molecule has 1 N–H and O–H groups in total. The summed E-state index contributed by atoms with van der Waals surface area (Å²) in [5.41, 5.74) is 2.66. The Bertz CT molecular complexity index is 1320. The van der Waals surface area contributed by atoms with E-state index in [4.69, 9.17) is 21.1 Å². The van der Waals surface area contributed by atoms with Crippen LogP contribution in [0.1, 0.15) is 20.8 Å². The van der Waals surface area contributed by atoms with E-state index in [1.165, 1.54) is 11.3 Å². The van der Waals surface area contributed by atoms with E-state index >= 15 is 0 Å². The summed E-state index contributed by atoms with van der Waals surface area (Å²) in [6.07, 6.45) is 1.69. The smallest absolute Gasteiger partial charge is 0.261 e. The highest BCUT2D eigenvalue weighted by molar-refractivity contribution is 7.18. The topological polar surface area (TPSA) is 63.7 Å². The van der Waals surface area contributed by atoms with E-state index in [9.17, 15) is 4.79 Å². The molecule has 3 heterocycles. The van der Waals surface area contributed by atoms with Crippen LogP contribution in [0.15, 0.2) is 72.9 Å². The molecule has 2 aromatic heterocycles. The minimum Gasteiger partial charge on any atom is -0.493 e. The van der Waals surface area contributed by atoms with Crippen LogP contribution >= 0.6 is 22.9 Å². The number of fused-ring (bicyclic) bond motifs is 2. The fourth-order valence-electron chi connectivity index (χ4n) is 3.68. The van der Waals surface area contributed by atoms with E-state index in [1.807, 2.05) is 66.7 Å². The summed E-state index contributed by atoms with van der Waals surface area (Å²) in [6.45, 7) is 0.912. The van der Waals surface area contributed by atoms with Gasteiger partial charge in [0.2, 0.25) is 5.88 Å². The van der Waals surface area contributed by atoms with Crippen LogP contribution in [-0.2, 0) is 13.1 Å². The minimum atomic E-state index is -0.147. The average molecular weight is 478 g/mol. The molecule has 0 atom stereocenters. The summed E-state index contributed by atoms with van der Waals surface area (Å²) in [7, 11) is 1.62. The van der Waals surface area contributed by atoms with Crippen molar-refractivity contribution in [2.75, 3.05) is 12.0 Å². The normalized spacial score (nSPS) is 12.2. The number of hydrogen-bond donors (Lipinski definition) is 1. The first-order chi connectivity index (χ1) is 16.1. The van der Waals surface area contributed by atoms with Crippen molar-refractivity contribution in [3.05, 3.63) is 94.0 Å². The van der Waals surface area contributed by atoms with Gasteiger partial charge in [0, 0.05) is 23.3 Å². The molecule has 0 spiro atoms. The lowest BCUT2D eigenvalue weighted by atomic mass is 10.1. The molecule has 5 rings (SSSR count). The van der Waals surface area contributed by atoms with Crippen LogP contribution in [0.3, 0.4) is 0 Å². The number of halogens is 1. The molecular formula is C25H20ClN3O3S. The van der Waals surface area contributed by atoms with Crippen LogP contribution in [0.5, 0.6) is 17.4 Å². The number of carbonyl (C=O) groups excluding carboxylic acids is 1. The number of amides is 1. The number of para-hydroxylation sites is 1. The summed E-state index contributed by atoms with van der Waals surface area (Å²) >= 11 is 7.61. The van der Waals surface area contributed by atoms with Crippen molar-refractivity contribution >= 4 is 39.5 Å². The molecule has 8 heteroatoms. The van der Waals surface area contributed by atoms with Gasteiger partial charge in [-0.05, 0) is 42.0 Å². The Morgan fingerprint density at radius 3 is 2.88 bits per heavy atom. The van der Waals surface area contributed by atoms with Crippen LogP contribution in [0.25, 0.3) is 0 Å². The van der Waals surface area contributed by atoms with Gasteiger partial charge >= 0.3 is 0 Å². The van der Waals surface area contributed by atoms with E-state index in [2.05, 4.69) is 15.2 Å². The van der Waals surface area contributed by atoms with E-state index < -0.39 is 0 Å². The summed E-state index contributed by atoms with van der Waals surface area (Å²) < 4.78 is 11.7. The monoisotopic (exact) mass is 477 g/mol. The minimum absolute atomic E-state index is 0.147. The second kappa shape index (κ2) is 9.13. The standard InChI is InChI=1S/C25H20ClN3O3S/c1-31-20-10-4-7-17-15-29(19-9-5-13-27-25(19)32-23(17)20)22-12-11-21(33-22)24(30)28-14-16-6-2-3-8-18(16)26/h2-13H,14-15H2,1H3,(H,28,30). The Hall–Kier alpha value is -3.55. The number of benzene rings is 2. The maximum absolute atomic E-state index is 12.8. The summed E-state index contributed by atoms with van der Waals surface area (Å²) in [5.74, 6) is 1.64. The van der Waals surface area contributed by atoms with Crippen molar-refractivity contribution in [1.29, 1.82) is 0 Å². The highest BCUT2D eigenvalue weighted by Crippen LogP contribution is 2.46. The highest BCUT2D eigenvalue weighted by atomic mass is 35.5. The number of anilines is 2. The van der Waals surface area contributed by atoms with Crippen LogP contribution < -0.4 is 19.7 Å². The SMILES string of the molecule is COc1cccc2c1Oc1ncccc1N(c1ccc(C(=O)NCc3ccccc3Cl)s1)C2. The number of nitrogens with zero attached hydrogens (tertiary/aromatic N) is 2. The molecule has 0 saturated carbocycles.